The molecule has 0 aromatic carbocycles. The molecule has 0 aliphatic rings. The van der Waals surface area contributed by atoms with Gasteiger partial charge in [0.1, 0.15) is 11.6 Å². The van der Waals surface area contributed by atoms with Crippen molar-refractivity contribution < 1.29 is 9.18 Å². The number of amides is 1. The number of nitrogens with one attached hydrogen (secondary N) is 1. The Labute approximate surface area is 138 Å². The summed E-state index contributed by atoms with van der Waals surface area (Å²) < 4.78 is 14.7. The second kappa shape index (κ2) is 6.99. The first kappa shape index (κ1) is 15.8. The molecule has 1 N–H and O–H groups in total. The zero-order chi connectivity index (χ0) is 16.9. The molecule has 0 bridgehead atoms. The average molecular weight is 325 g/mol. The van der Waals surface area contributed by atoms with Crippen molar-refractivity contribution in [3.63, 3.8) is 0 Å². The molecule has 3 aromatic rings. The number of anilines is 1. The minimum Gasteiger partial charge on any atom is -0.311 e. The highest BCUT2D eigenvalue weighted by atomic mass is 19.1. The number of aryl methyl sites for hydroxylation is 2. The van der Waals surface area contributed by atoms with Gasteiger partial charge in [-0.25, -0.2) is 4.39 Å². The fourth-order valence-electron chi connectivity index (χ4n) is 2.30. The van der Waals surface area contributed by atoms with Crippen LogP contribution in [-0.2, 0) is 18.3 Å². The normalized spacial score (nSPS) is 10.6. The van der Waals surface area contributed by atoms with E-state index in [-0.39, 0.29) is 12.3 Å². The summed E-state index contributed by atoms with van der Waals surface area (Å²) in [6.07, 6.45) is 6.74. The Kier molecular flexibility index (Phi) is 4.60. The average Bonchev–Trinajstić information content (AvgIpc) is 2.95. The van der Waals surface area contributed by atoms with Gasteiger partial charge in [-0.3, -0.25) is 19.4 Å². The van der Waals surface area contributed by atoms with Crippen molar-refractivity contribution in [2.75, 3.05) is 5.32 Å². The van der Waals surface area contributed by atoms with Crippen LogP contribution in [0.2, 0.25) is 0 Å². The molecule has 7 heteroatoms. The first-order valence-corrected chi connectivity index (χ1v) is 7.45. The molecule has 3 aromatic heterocycles. The van der Waals surface area contributed by atoms with Gasteiger partial charge >= 0.3 is 0 Å². The van der Waals surface area contributed by atoms with Crippen LogP contribution >= 0.6 is 0 Å². The third kappa shape index (κ3) is 3.81. The summed E-state index contributed by atoms with van der Waals surface area (Å²) >= 11 is 0. The van der Waals surface area contributed by atoms with Crippen LogP contribution in [0.15, 0.2) is 49.1 Å². The van der Waals surface area contributed by atoms with Crippen LogP contribution in [0.3, 0.4) is 0 Å². The highest BCUT2D eigenvalue weighted by molar-refractivity contribution is 5.90. The van der Waals surface area contributed by atoms with Gasteiger partial charge in [-0.05, 0) is 30.2 Å². The highest BCUT2D eigenvalue weighted by Gasteiger charge is 2.10. The third-order valence-corrected chi connectivity index (χ3v) is 3.53. The van der Waals surface area contributed by atoms with E-state index in [1.807, 2.05) is 12.1 Å². The number of carbonyl (C=O) groups excluding carboxylic acids is 1. The quantitative estimate of drug-likeness (QED) is 0.782. The number of carbonyl (C=O) groups is 1. The third-order valence-electron chi connectivity index (χ3n) is 3.53. The lowest BCUT2D eigenvalue weighted by atomic mass is 10.1. The SMILES string of the molecule is Cn1nc(-c2ccncc2)cc1NC(=O)CCc1cncc(F)c1. The van der Waals surface area contributed by atoms with Gasteiger partial charge in [0.25, 0.3) is 0 Å². The van der Waals surface area contributed by atoms with Crippen LogP contribution in [0, 0.1) is 5.82 Å². The summed E-state index contributed by atoms with van der Waals surface area (Å²) in [6, 6.07) is 6.89. The van der Waals surface area contributed by atoms with Gasteiger partial charge in [0.15, 0.2) is 0 Å². The van der Waals surface area contributed by atoms with E-state index in [0.29, 0.717) is 17.8 Å². The van der Waals surface area contributed by atoms with Gasteiger partial charge in [0.2, 0.25) is 5.91 Å². The standard InChI is InChI=1S/C17H16FN5O/c1-23-16(9-15(22-23)13-4-6-19-7-5-13)21-17(24)3-2-12-8-14(18)11-20-10-12/h4-11H,2-3H2,1H3,(H,21,24). The number of hydrogen-bond donors (Lipinski definition) is 1. The first-order chi connectivity index (χ1) is 11.6. The minimum atomic E-state index is -0.401. The lowest BCUT2D eigenvalue weighted by molar-refractivity contribution is -0.116. The van der Waals surface area contributed by atoms with Gasteiger partial charge in [-0.15, -0.1) is 0 Å². The maximum atomic E-state index is 13.1. The van der Waals surface area contributed by atoms with Crippen LogP contribution in [0.1, 0.15) is 12.0 Å². The molecule has 0 aliphatic carbocycles. The molecule has 0 aliphatic heterocycles. The molecule has 0 spiro atoms. The molecule has 122 valence electrons. The lowest BCUT2D eigenvalue weighted by Crippen LogP contribution is -2.14. The molecule has 0 radical (unpaired) electrons. The summed E-state index contributed by atoms with van der Waals surface area (Å²) in [5.41, 5.74) is 2.36. The molecule has 1 amide bonds. The van der Waals surface area contributed by atoms with Gasteiger partial charge in [-0.1, -0.05) is 0 Å². The zero-order valence-corrected chi connectivity index (χ0v) is 13.1. The van der Waals surface area contributed by atoms with E-state index in [1.54, 1.807) is 36.4 Å². The lowest BCUT2D eigenvalue weighted by Gasteiger charge is -2.05. The van der Waals surface area contributed by atoms with Crippen LogP contribution in [0.4, 0.5) is 10.2 Å². The van der Waals surface area contributed by atoms with Crippen molar-refractivity contribution in [2.24, 2.45) is 7.05 Å². The topological polar surface area (TPSA) is 72.7 Å². The highest BCUT2D eigenvalue weighted by Crippen LogP contribution is 2.20. The molecule has 0 saturated heterocycles. The minimum absolute atomic E-state index is 0.163. The Morgan fingerprint density at radius 2 is 2.00 bits per heavy atom. The summed E-state index contributed by atoms with van der Waals surface area (Å²) in [5, 5.41) is 7.20. The summed E-state index contributed by atoms with van der Waals surface area (Å²) in [7, 11) is 1.76. The van der Waals surface area contributed by atoms with Crippen LogP contribution < -0.4 is 5.32 Å². The number of rotatable bonds is 5. The summed E-state index contributed by atoms with van der Waals surface area (Å²) in [5.74, 6) is 0.0363. The molecule has 6 nitrogen and oxygen atoms in total. The number of pyridine rings is 2. The van der Waals surface area contributed by atoms with Gasteiger partial charge in [-0.2, -0.15) is 5.10 Å². The number of aromatic nitrogens is 4. The Morgan fingerprint density at radius 3 is 2.75 bits per heavy atom. The summed E-state index contributed by atoms with van der Waals surface area (Å²) in [6.45, 7) is 0. The van der Waals surface area contributed by atoms with E-state index >= 15 is 0 Å². The number of halogens is 1. The molecule has 0 atom stereocenters. The van der Waals surface area contributed by atoms with Crippen LogP contribution in [0.5, 0.6) is 0 Å². The van der Waals surface area contributed by atoms with E-state index in [4.69, 9.17) is 0 Å². The van der Waals surface area contributed by atoms with Crippen molar-refractivity contribution in [1.29, 1.82) is 0 Å². The first-order valence-electron chi connectivity index (χ1n) is 7.45. The van der Waals surface area contributed by atoms with Gasteiger partial charge in [0.05, 0.1) is 11.9 Å². The predicted octanol–water partition coefficient (Wildman–Crippen LogP) is 2.59. The van der Waals surface area contributed by atoms with E-state index in [9.17, 15) is 9.18 Å². The Bertz CT molecular complexity index is 847. The second-order valence-corrected chi connectivity index (χ2v) is 5.33. The van der Waals surface area contributed by atoms with Crippen molar-refractivity contribution >= 4 is 11.7 Å². The fraction of sp³-hybridized carbons (Fsp3) is 0.176. The fourth-order valence-corrected chi connectivity index (χ4v) is 2.30. The van der Waals surface area contributed by atoms with Crippen molar-refractivity contribution in [3.8, 4) is 11.3 Å². The van der Waals surface area contributed by atoms with Gasteiger partial charge < -0.3 is 5.32 Å². The molecule has 0 unspecified atom stereocenters. The van der Waals surface area contributed by atoms with E-state index in [1.165, 1.54) is 6.07 Å². The maximum Gasteiger partial charge on any atom is 0.225 e. The monoisotopic (exact) mass is 325 g/mol. The van der Waals surface area contributed by atoms with Crippen LogP contribution in [-0.4, -0.2) is 25.7 Å². The molecule has 24 heavy (non-hydrogen) atoms. The molecular formula is C17H16FN5O. The number of nitrogens with zero attached hydrogens (tertiary/aromatic N) is 4. The van der Waals surface area contributed by atoms with Crippen molar-refractivity contribution in [1.82, 2.24) is 19.7 Å². The van der Waals surface area contributed by atoms with E-state index in [2.05, 4.69) is 20.4 Å². The number of hydrogen-bond acceptors (Lipinski definition) is 4. The predicted molar refractivity (Wildman–Crippen MR) is 87.6 cm³/mol. The Balaban J connectivity index is 1.63. The second-order valence-electron chi connectivity index (χ2n) is 5.33. The van der Waals surface area contributed by atoms with E-state index < -0.39 is 5.82 Å². The van der Waals surface area contributed by atoms with Crippen molar-refractivity contribution in [2.45, 2.75) is 12.8 Å². The molecule has 3 heterocycles. The Morgan fingerprint density at radius 1 is 1.21 bits per heavy atom. The van der Waals surface area contributed by atoms with Gasteiger partial charge in [0, 0.05) is 43.7 Å². The maximum absolute atomic E-state index is 13.1. The summed E-state index contributed by atoms with van der Waals surface area (Å²) in [4.78, 5) is 19.8. The molecule has 0 fully saturated rings. The van der Waals surface area contributed by atoms with E-state index in [0.717, 1.165) is 17.5 Å². The van der Waals surface area contributed by atoms with Crippen molar-refractivity contribution in [3.05, 3.63) is 60.4 Å². The zero-order valence-electron chi connectivity index (χ0n) is 13.1. The molecular weight excluding hydrogens is 309 g/mol. The van der Waals surface area contributed by atoms with Crippen LogP contribution in [0.25, 0.3) is 11.3 Å². The Hall–Kier alpha value is -3.09. The molecule has 3 rings (SSSR count). The smallest absolute Gasteiger partial charge is 0.225 e. The largest absolute Gasteiger partial charge is 0.311 e. The molecule has 0 saturated carbocycles.